The third kappa shape index (κ3) is 2.52. The number of aliphatic hydroxyl groups is 1. The first kappa shape index (κ1) is 15.4. The normalized spacial score (nSPS) is 16.8. The van der Waals surface area contributed by atoms with Crippen molar-refractivity contribution in [1.82, 2.24) is 14.9 Å². The fraction of sp³-hybridized carbons (Fsp3) is 0.350. The second kappa shape index (κ2) is 5.72. The molecule has 0 bridgehead atoms. The first-order chi connectivity index (χ1) is 11.6. The van der Waals surface area contributed by atoms with Crippen LogP contribution in [0.25, 0.3) is 10.9 Å². The number of nitrogens with one attached hydrogen (secondary N) is 1. The van der Waals surface area contributed by atoms with Crippen molar-refractivity contribution in [2.24, 2.45) is 0 Å². The Hall–Kier alpha value is -2.17. The van der Waals surface area contributed by atoms with Crippen LogP contribution >= 0.6 is 0 Å². The van der Waals surface area contributed by atoms with E-state index in [1.807, 2.05) is 19.1 Å². The first-order valence-corrected chi connectivity index (χ1v) is 8.50. The SMILES string of the molecule is Cc1ccc2c(c1)c1c(n2CC(C)(O)c2cccnc2)CCNC1. The summed E-state index contributed by atoms with van der Waals surface area (Å²) in [6.45, 7) is 6.42. The lowest BCUT2D eigenvalue weighted by atomic mass is 9.97. The van der Waals surface area contributed by atoms with Crippen LogP contribution in [0, 0.1) is 6.92 Å². The molecule has 4 rings (SSSR count). The summed E-state index contributed by atoms with van der Waals surface area (Å²) in [5.41, 5.74) is 5.09. The molecule has 4 nitrogen and oxygen atoms in total. The predicted octanol–water partition coefficient (Wildman–Crippen LogP) is 2.90. The van der Waals surface area contributed by atoms with Crippen molar-refractivity contribution in [3.05, 3.63) is 65.1 Å². The summed E-state index contributed by atoms with van der Waals surface area (Å²) >= 11 is 0. The maximum Gasteiger partial charge on any atom is 0.106 e. The second-order valence-electron chi connectivity index (χ2n) is 6.97. The molecule has 4 heteroatoms. The molecule has 124 valence electrons. The topological polar surface area (TPSA) is 50.1 Å². The van der Waals surface area contributed by atoms with Crippen molar-refractivity contribution in [2.75, 3.05) is 6.54 Å². The molecule has 1 aromatic carbocycles. The summed E-state index contributed by atoms with van der Waals surface area (Å²) in [5.74, 6) is 0. The summed E-state index contributed by atoms with van der Waals surface area (Å²) in [4.78, 5) is 4.16. The smallest absolute Gasteiger partial charge is 0.106 e. The monoisotopic (exact) mass is 321 g/mol. The Kier molecular flexibility index (Phi) is 3.66. The van der Waals surface area contributed by atoms with E-state index in [4.69, 9.17) is 0 Å². The zero-order chi connectivity index (χ0) is 16.7. The van der Waals surface area contributed by atoms with Crippen molar-refractivity contribution >= 4 is 10.9 Å². The van der Waals surface area contributed by atoms with E-state index in [0.717, 1.165) is 25.1 Å². The van der Waals surface area contributed by atoms with Gasteiger partial charge in [0.05, 0.1) is 6.54 Å². The van der Waals surface area contributed by atoms with Gasteiger partial charge in [-0.3, -0.25) is 4.98 Å². The molecule has 2 N–H and O–H groups in total. The standard InChI is InChI=1S/C20H23N3O/c1-14-5-6-18-16(10-14)17-12-22-9-7-19(17)23(18)13-20(2,24)15-4-3-8-21-11-15/h3-6,8,10-11,22,24H,7,9,12-13H2,1-2H3. The van der Waals surface area contributed by atoms with Gasteiger partial charge in [0.25, 0.3) is 0 Å². The molecule has 2 aromatic heterocycles. The average molecular weight is 321 g/mol. The molecule has 1 atom stereocenters. The number of aromatic nitrogens is 2. The number of aryl methyl sites for hydroxylation is 1. The van der Waals surface area contributed by atoms with Crippen LogP contribution in [0.15, 0.2) is 42.7 Å². The van der Waals surface area contributed by atoms with Crippen LogP contribution in [-0.2, 0) is 25.1 Å². The Morgan fingerprint density at radius 2 is 2.21 bits per heavy atom. The minimum atomic E-state index is -0.955. The third-order valence-electron chi connectivity index (χ3n) is 5.03. The number of benzene rings is 1. The second-order valence-corrected chi connectivity index (χ2v) is 6.97. The van der Waals surface area contributed by atoms with Crippen molar-refractivity contribution in [3.63, 3.8) is 0 Å². The van der Waals surface area contributed by atoms with Crippen molar-refractivity contribution in [3.8, 4) is 0 Å². The number of fused-ring (bicyclic) bond motifs is 3. The van der Waals surface area contributed by atoms with Crippen LogP contribution in [0.1, 0.15) is 29.3 Å². The molecule has 0 spiro atoms. The van der Waals surface area contributed by atoms with E-state index in [1.165, 1.54) is 27.7 Å². The Balaban J connectivity index is 1.85. The molecule has 0 radical (unpaired) electrons. The van der Waals surface area contributed by atoms with Crippen LogP contribution in [0.3, 0.4) is 0 Å². The van der Waals surface area contributed by atoms with Gasteiger partial charge in [-0.25, -0.2) is 0 Å². The molecule has 0 saturated heterocycles. The van der Waals surface area contributed by atoms with Crippen LogP contribution < -0.4 is 5.32 Å². The summed E-state index contributed by atoms with van der Waals surface area (Å²) in [6.07, 6.45) is 4.48. The summed E-state index contributed by atoms with van der Waals surface area (Å²) in [7, 11) is 0. The van der Waals surface area contributed by atoms with Gasteiger partial charge in [0.1, 0.15) is 5.60 Å². The molecular weight excluding hydrogens is 298 g/mol. The highest BCUT2D eigenvalue weighted by Crippen LogP contribution is 2.32. The average Bonchev–Trinajstić information content (AvgIpc) is 2.89. The molecule has 0 amide bonds. The van der Waals surface area contributed by atoms with E-state index in [-0.39, 0.29) is 0 Å². The number of pyridine rings is 1. The van der Waals surface area contributed by atoms with E-state index in [0.29, 0.717) is 6.54 Å². The van der Waals surface area contributed by atoms with Crippen LogP contribution in [0.5, 0.6) is 0 Å². The summed E-state index contributed by atoms with van der Waals surface area (Å²) in [6, 6.07) is 10.4. The minimum absolute atomic E-state index is 0.535. The molecule has 3 heterocycles. The van der Waals surface area contributed by atoms with Gasteiger partial charge in [-0.15, -0.1) is 0 Å². The number of hydrogen-bond acceptors (Lipinski definition) is 3. The van der Waals surface area contributed by atoms with E-state index < -0.39 is 5.60 Å². The van der Waals surface area contributed by atoms with Gasteiger partial charge in [0, 0.05) is 54.1 Å². The van der Waals surface area contributed by atoms with Gasteiger partial charge in [0.2, 0.25) is 0 Å². The summed E-state index contributed by atoms with van der Waals surface area (Å²) in [5, 5.41) is 15.9. The highest BCUT2D eigenvalue weighted by Gasteiger charge is 2.28. The summed E-state index contributed by atoms with van der Waals surface area (Å²) < 4.78 is 2.30. The number of hydrogen-bond donors (Lipinski definition) is 2. The minimum Gasteiger partial charge on any atom is -0.384 e. The van der Waals surface area contributed by atoms with Gasteiger partial charge in [-0.05, 0) is 37.6 Å². The fourth-order valence-electron chi connectivity index (χ4n) is 3.76. The van der Waals surface area contributed by atoms with Crippen molar-refractivity contribution in [2.45, 2.75) is 39.0 Å². The quantitative estimate of drug-likeness (QED) is 0.780. The Morgan fingerprint density at radius 1 is 1.33 bits per heavy atom. The maximum atomic E-state index is 11.1. The molecular formula is C20H23N3O. The predicted molar refractivity (Wildman–Crippen MR) is 95.9 cm³/mol. The van der Waals surface area contributed by atoms with Gasteiger partial charge in [-0.1, -0.05) is 17.7 Å². The Morgan fingerprint density at radius 3 is 3.00 bits per heavy atom. The first-order valence-electron chi connectivity index (χ1n) is 8.50. The van der Waals surface area contributed by atoms with E-state index in [1.54, 1.807) is 12.4 Å². The van der Waals surface area contributed by atoms with Gasteiger partial charge < -0.3 is 15.0 Å². The third-order valence-corrected chi connectivity index (χ3v) is 5.03. The van der Waals surface area contributed by atoms with Gasteiger partial charge in [0.15, 0.2) is 0 Å². The lowest BCUT2D eigenvalue weighted by Crippen LogP contribution is -2.31. The molecule has 24 heavy (non-hydrogen) atoms. The van der Waals surface area contributed by atoms with Crippen molar-refractivity contribution in [1.29, 1.82) is 0 Å². The molecule has 1 aliphatic heterocycles. The van der Waals surface area contributed by atoms with Crippen LogP contribution in [0.2, 0.25) is 0 Å². The fourth-order valence-corrected chi connectivity index (χ4v) is 3.76. The maximum absolute atomic E-state index is 11.1. The molecule has 1 aliphatic rings. The number of rotatable bonds is 3. The molecule has 0 saturated carbocycles. The highest BCUT2D eigenvalue weighted by molar-refractivity contribution is 5.86. The van der Waals surface area contributed by atoms with E-state index in [9.17, 15) is 5.11 Å². The molecule has 0 aliphatic carbocycles. The zero-order valence-electron chi connectivity index (χ0n) is 14.2. The molecule has 0 fully saturated rings. The van der Waals surface area contributed by atoms with Gasteiger partial charge in [-0.2, -0.15) is 0 Å². The largest absolute Gasteiger partial charge is 0.384 e. The Labute approximate surface area is 142 Å². The van der Waals surface area contributed by atoms with Crippen molar-refractivity contribution < 1.29 is 5.11 Å². The zero-order valence-corrected chi connectivity index (χ0v) is 14.2. The molecule has 3 aromatic rings. The van der Waals surface area contributed by atoms with E-state index >= 15 is 0 Å². The van der Waals surface area contributed by atoms with Gasteiger partial charge >= 0.3 is 0 Å². The lowest BCUT2D eigenvalue weighted by molar-refractivity contribution is 0.0384. The van der Waals surface area contributed by atoms with E-state index in [2.05, 4.69) is 40.0 Å². The van der Waals surface area contributed by atoms with Crippen LogP contribution in [0.4, 0.5) is 0 Å². The van der Waals surface area contributed by atoms with Crippen LogP contribution in [-0.4, -0.2) is 21.2 Å². The molecule has 1 unspecified atom stereocenters. The number of nitrogens with zero attached hydrogens (tertiary/aromatic N) is 2. The lowest BCUT2D eigenvalue weighted by Gasteiger charge is -2.27. The Bertz CT molecular complexity index is 881. The highest BCUT2D eigenvalue weighted by atomic mass is 16.3.